The van der Waals surface area contributed by atoms with Crippen molar-refractivity contribution in [3.8, 4) is 0 Å². The van der Waals surface area contributed by atoms with Crippen LogP contribution >= 0.6 is 0 Å². The van der Waals surface area contributed by atoms with Gasteiger partial charge in [0.2, 0.25) is 0 Å². The Labute approximate surface area is 102 Å². The first-order valence-electron chi connectivity index (χ1n) is 5.39. The van der Waals surface area contributed by atoms with Gasteiger partial charge >= 0.3 is 5.97 Å². The largest absolute Gasteiger partial charge is 0.465 e. The molecule has 0 saturated heterocycles. The quantitative estimate of drug-likeness (QED) is 0.699. The van der Waals surface area contributed by atoms with E-state index in [4.69, 9.17) is 0 Å². The van der Waals surface area contributed by atoms with E-state index < -0.39 is 0 Å². The maximum Gasteiger partial charge on any atom is 0.338 e. The van der Waals surface area contributed by atoms with Crippen LogP contribution in [0, 0.1) is 6.92 Å². The molecular weight excluding hydrogens is 212 g/mol. The number of rotatable bonds is 1. The van der Waals surface area contributed by atoms with Gasteiger partial charge < -0.3 is 4.74 Å². The maximum atomic E-state index is 11.0. The van der Waals surface area contributed by atoms with Gasteiger partial charge in [-0.2, -0.15) is 0 Å². The minimum absolute atomic E-state index is 0.275. The summed E-state index contributed by atoms with van der Waals surface area (Å²) in [7, 11) is 1.38. The van der Waals surface area contributed by atoms with E-state index in [1.165, 1.54) is 7.11 Å². The molecule has 88 valence electrons. The number of methoxy groups -OCH3 is 1. The average Bonchev–Trinajstić information content (AvgIpc) is 2.41. The van der Waals surface area contributed by atoms with Crippen molar-refractivity contribution >= 4 is 5.97 Å². The Morgan fingerprint density at radius 1 is 0.882 bits per heavy atom. The summed E-state index contributed by atoms with van der Waals surface area (Å²) in [5.41, 5.74) is 1.58. The van der Waals surface area contributed by atoms with Crippen molar-refractivity contribution < 1.29 is 9.53 Å². The normalized spacial score (nSPS) is 8.82. The van der Waals surface area contributed by atoms with Crippen LogP contribution in [-0.2, 0) is 4.74 Å². The third-order valence-corrected chi connectivity index (χ3v) is 2.22. The summed E-state index contributed by atoms with van der Waals surface area (Å²) in [6.45, 7) is 1.88. The molecular formula is C15H16O2. The van der Waals surface area contributed by atoms with Crippen molar-refractivity contribution in [3.63, 3.8) is 0 Å². The molecule has 0 radical (unpaired) electrons. The number of ether oxygens (including phenoxy) is 1. The van der Waals surface area contributed by atoms with Gasteiger partial charge in [0, 0.05) is 0 Å². The fourth-order valence-corrected chi connectivity index (χ4v) is 1.30. The van der Waals surface area contributed by atoms with E-state index >= 15 is 0 Å². The molecule has 2 nitrogen and oxygen atoms in total. The smallest absolute Gasteiger partial charge is 0.338 e. The van der Waals surface area contributed by atoms with Crippen LogP contribution in [-0.4, -0.2) is 13.1 Å². The number of aryl methyl sites for hydroxylation is 1. The summed E-state index contributed by atoms with van der Waals surface area (Å²) in [4.78, 5) is 11.0. The Balaban J connectivity index is 0.000000202. The van der Waals surface area contributed by atoms with Crippen LogP contribution in [0.25, 0.3) is 0 Å². The Morgan fingerprint density at radius 3 is 1.76 bits per heavy atom. The molecule has 0 saturated carbocycles. The van der Waals surface area contributed by atoms with Crippen LogP contribution in [0.1, 0.15) is 15.9 Å². The zero-order valence-electron chi connectivity index (χ0n) is 10.1. The second-order valence-corrected chi connectivity index (χ2v) is 3.46. The summed E-state index contributed by atoms with van der Waals surface area (Å²) in [5, 5.41) is 0. The molecule has 2 rings (SSSR count). The Bertz CT molecular complexity index is 423. The predicted octanol–water partition coefficient (Wildman–Crippen LogP) is 3.47. The highest BCUT2D eigenvalue weighted by molar-refractivity contribution is 5.90. The lowest BCUT2D eigenvalue weighted by Crippen LogP contribution is -2.02. The summed E-state index contributed by atoms with van der Waals surface area (Å²) in [6, 6.07) is 19.3. The molecule has 0 aliphatic carbocycles. The molecule has 2 aromatic carbocycles. The van der Waals surface area contributed by atoms with Crippen molar-refractivity contribution in [2.75, 3.05) is 7.11 Å². The van der Waals surface area contributed by atoms with E-state index in [0.29, 0.717) is 5.56 Å². The molecule has 0 bridgehead atoms. The Morgan fingerprint density at radius 2 is 1.35 bits per heavy atom. The second-order valence-electron chi connectivity index (χ2n) is 3.46. The van der Waals surface area contributed by atoms with E-state index in [-0.39, 0.29) is 5.97 Å². The molecule has 17 heavy (non-hydrogen) atoms. The summed E-state index contributed by atoms with van der Waals surface area (Å²) in [5.74, 6) is -0.275. The average molecular weight is 228 g/mol. The van der Waals surface area contributed by atoms with Crippen molar-refractivity contribution in [2.24, 2.45) is 0 Å². The molecule has 0 aliphatic heterocycles. The number of benzene rings is 2. The van der Waals surface area contributed by atoms with Crippen LogP contribution in [0.3, 0.4) is 0 Å². The minimum Gasteiger partial charge on any atom is -0.465 e. The van der Waals surface area contributed by atoms with Crippen LogP contribution in [0.5, 0.6) is 0 Å². The number of hydrogen-bond donors (Lipinski definition) is 0. The molecule has 0 spiro atoms. The van der Waals surface area contributed by atoms with E-state index in [0.717, 1.165) is 5.56 Å². The van der Waals surface area contributed by atoms with Gasteiger partial charge in [-0.1, -0.05) is 54.6 Å². The highest BCUT2D eigenvalue weighted by atomic mass is 16.5. The Hall–Kier alpha value is -2.09. The maximum absolute atomic E-state index is 11.0. The number of esters is 1. The molecule has 0 unspecified atom stereocenters. The van der Waals surface area contributed by atoms with Crippen LogP contribution in [0.4, 0.5) is 0 Å². The molecule has 0 aliphatic rings. The minimum atomic E-state index is -0.275. The summed E-state index contributed by atoms with van der Waals surface area (Å²) in [6.07, 6.45) is 0. The van der Waals surface area contributed by atoms with E-state index in [1.807, 2.05) is 61.5 Å². The molecule has 0 N–H and O–H groups in total. The van der Waals surface area contributed by atoms with Crippen LogP contribution < -0.4 is 0 Å². The topological polar surface area (TPSA) is 26.3 Å². The van der Waals surface area contributed by atoms with Gasteiger partial charge in [0.15, 0.2) is 0 Å². The monoisotopic (exact) mass is 228 g/mol. The fourth-order valence-electron chi connectivity index (χ4n) is 1.30. The van der Waals surface area contributed by atoms with Gasteiger partial charge in [0.1, 0.15) is 0 Å². The van der Waals surface area contributed by atoms with Crippen molar-refractivity contribution in [1.29, 1.82) is 0 Å². The number of hydrogen-bond acceptors (Lipinski definition) is 2. The van der Waals surface area contributed by atoms with Crippen molar-refractivity contribution in [3.05, 3.63) is 71.8 Å². The first kappa shape index (κ1) is 13.0. The van der Waals surface area contributed by atoms with Crippen molar-refractivity contribution in [1.82, 2.24) is 0 Å². The Kier molecular flexibility index (Phi) is 5.52. The lowest BCUT2D eigenvalue weighted by molar-refractivity contribution is 0.0600. The van der Waals surface area contributed by atoms with Gasteiger partial charge in [-0.15, -0.1) is 0 Å². The van der Waals surface area contributed by atoms with E-state index in [9.17, 15) is 4.79 Å². The van der Waals surface area contributed by atoms with Gasteiger partial charge in [-0.25, -0.2) is 4.79 Å². The van der Waals surface area contributed by atoms with Crippen LogP contribution in [0.2, 0.25) is 0 Å². The zero-order valence-corrected chi connectivity index (χ0v) is 10.1. The second kappa shape index (κ2) is 7.23. The lowest BCUT2D eigenvalue weighted by Gasteiger charge is -2.00. The molecule has 0 fully saturated rings. The van der Waals surface area contributed by atoms with Crippen molar-refractivity contribution in [2.45, 2.75) is 6.92 Å². The van der Waals surface area contributed by atoms with Crippen LogP contribution in [0.15, 0.2) is 60.7 Å². The highest BCUT2D eigenvalue weighted by Gasteiger charge is 2.05. The van der Waals surface area contributed by atoms with Gasteiger partial charge in [-0.05, 0) is 18.6 Å². The first-order chi connectivity index (χ1) is 8.25. The van der Waals surface area contributed by atoms with E-state index in [1.54, 1.807) is 6.07 Å². The molecule has 0 aromatic heterocycles. The first-order valence-corrected chi connectivity index (χ1v) is 5.39. The molecule has 2 heteroatoms. The third-order valence-electron chi connectivity index (χ3n) is 2.22. The molecule has 0 amide bonds. The predicted molar refractivity (Wildman–Crippen MR) is 69.0 cm³/mol. The lowest BCUT2D eigenvalue weighted by atomic mass is 10.1. The third kappa shape index (κ3) is 4.51. The SMILES string of the molecule is COC(=O)c1ccccc1C.c1ccccc1. The summed E-state index contributed by atoms with van der Waals surface area (Å²) < 4.78 is 4.58. The van der Waals surface area contributed by atoms with E-state index in [2.05, 4.69) is 4.74 Å². The number of carbonyl (C=O) groups excluding carboxylic acids is 1. The molecule has 0 heterocycles. The van der Waals surface area contributed by atoms with Gasteiger partial charge in [0.25, 0.3) is 0 Å². The zero-order chi connectivity index (χ0) is 12.5. The number of carbonyl (C=O) groups is 1. The summed E-state index contributed by atoms with van der Waals surface area (Å²) >= 11 is 0. The molecule has 0 atom stereocenters. The van der Waals surface area contributed by atoms with Gasteiger partial charge in [0.05, 0.1) is 12.7 Å². The standard InChI is InChI=1S/C9H10O2.C6H6/c1-7-5-3-4-6-8(7)9(10)11-2;1-2-4-6-5-3-1/h3-6H,1-2H3;1-6H. The molecule has 2 aromatic rings. The van der Waals surface area contributed by atoms with Gasteiger partial charge in [-0.3, -0.25) is 0 Å². The highest BCUT2D eigenvalue weighted by Crippen LogP contribution is 2.07. The fraction of sp³-hybridized carbons (Fsp3) is 0.133.